The van der Waals surface area contributed by atoms with Crippen LogP contribution in [0.4, 0.5) is 14.5 Å². The third kappa shape index (κ3) is 4.07. The minimum absolute atomic E-state index is 0.0823. The van der Waals surface area contributed by atoms with Crippen molar-refractivity contribution in [1.82, 2.24) is 10.3 Å². The largest absolute Gasteiger partial charge is 0.344 e. The second-order valence-electron chi connectivity index (χ2n) is 4.11. The molecule has 0 radical (unpaired) electrons. The van der Waals surface area contributed by atoms with E-state index in [0.717, 1.165) is 6.07 Å². The van der Waals surface area contributed by atoms with Crippen LogP contribution in [0.5, 0.6) is 0 Å². The number of anilines is 1. The number of benzene rings is 1. The molecule has 5 nitrogen and oxygen atoms in total. The zero-order chi connectivity index (χ0) is 15.2. The van der Waals surface area contributed by atoms with E-state index in [9.17, 15) is 18.4 Å². The quantitative estimate of drug-likeness (QED) is 0.844. The number of carbonyl (C=O) groups excluding carboxylic acids is 2. The standard InChI is InChI=1S/C14H11F2N3O2/c15-10-4-3-9(12(16)6-10)7-18-13(20)14(21)19-11-2-1-5-17-8-11/h1-6,8H,7H2,(H,18,20)(H,19,21). The molecule has 1 aromatic heterocycles. The van der Waals surface area contributed by atoms with Crippen LogP contribution in [0.25, 0.3) is 0 Å². The van der Waals surface area contributed by atoms with E-state index in [2.05, 4.69) is 15.6 Å². The Labute approximate surface area is 119 Å². The highest BCUT2D eigenvalue weighted by atomic mass is 19.1. The van der Waals surface area contributed by atoms with E-state index < -0.39 is 23.4 Å². The molecule has 0 aliphatic carbocycles. The first kappa shape index (κ1) is 14.6. The van der Waals surface area contributed by atoms with Gasteiger partial charge in [0.1, 0.15) is 11.6 Å². The molecule has 21 heavy (non-hydrogen) atoms. The van der Waals surface area contributed by atoms with Crippen LogP contribution in [0.3, 0.4) is 0 Å². The fourth-order valence-electron chi connectivity index (χ4n) is 1.55. The van der Waals surface area contributed by atoms with Gasteiger partial charge in [-0.25, -0.2) is 8.78 Å². The van der Waals surface area contributed by atoms with E-state index in [4.69, 9.17) is 0 Å². The molecule has 108 valence electrons. The number of hydrogen-bond acceptors (Lipinski definition) is 3. The average molecular weight is 291 g/mol. The molecule has 2 rings (SSSR count). The lowest BCUT2D eigenvalue weighted by atomic mass is 10.2. The van der Waals surface area contributed by atoms with Crippen LogP contribution in [0, 0.1) is 11.6 Å². The first-order valence-electron chi connectivity index (χ1n) is 5.99. The number of carbonyl (C=O) groups is 2. The summed E-state index contributed by atoms with van der Waals surface area (Å²) in [5.41, 5.74) is 0.449. The maximum atomic E-state index is 13.3. The number of aromatic nitrogens is 1. The van der Waals surface area contributed by atoms with Crippen molar-refractivity contribution >= 4 is 17.5 Å². The van der Waals surface area contributed by atoms with Crippen LogP contribution in [0.1, 0.15) is 5.56 Å². The van der Waals surface area contributed by atoms with Gasteiger partial charge in [-0.3, -0.25) is 14.6 Å². The van der Waals surface area contributed by atoms with Gasteiger partial charge in [0.15, 0.2) is 0 Å². The maximum absolute atomic E-state index is 13.3. The minimum Gasteiger partial charge on any atom is -0.344 e. The molecule has 0 saturated carbocycles. The monoisotopic (exact) mass is 291 g/mol. The van der Waals surface area contributed by atoms with Crippen LogP contribution < -0.4 is 10.6 Å². The second-order valence-corrected chi connectivity index (χ2v) is 4.11. The summed E-state index contributed by atoms with van der Waals surface area (Å²) < 4.78 is 26.1. The highest BCUT2D eigenvalue weighted by molar-refractivity contribution is 6.39. The van der Waals surface area contributed by atoms with Gasteiger partial charge in [0.25, 0.3) is 0 Å². The van der Waals surface area contributed by atoms with Crippen LogP contribution >= 0.6 is 0 Å². The predicted molar refractivity (Wildman–Crippen MR) is 71.1 cm³/mol. The number of nitrogens with one attached hydrogen (secondary N) is 2. The Kier molecular flexibility index (Phi) is 4.55. The van der Waals surface area contributed by atoms with Crippen molar-refractivity contribution in [1.29, 1.82) is 0 Å². The molecule has 0 aliphatic rings. The Bertz CT molecular complexity index is 663. The van der Waals surface area contributed by atoms with E-state index in [-0.39, 0.29) is 12.1 Å². The number of amides is 2. The molecule has 0 bridgehead atoms. The van der Waals surface area contributed by atoms with Crippen LogP contribution in [-0.4, -0.2) is 16.8 Å². The van der Waals surface area contributed by atoms with Crippen molar-refractivity contribution in [2.75, 3.05) is 5.32 Å². The van der Waals surface area contributed by atoms with Gasteiger partial charge in [-0.1, -0.05) is 6.07 Å². The Balaban J connectivity index is 1.91. The molecule has 1 heterocycles. The molecule has 1 aromatic carbocycles. The zero-order valence-electron chi connectivity index (χ0n) is 10.8. The summed E-state index contributed by atoms with van der Waals surface area (Å²) in [5.74, 6) is -3.33. The van der Waals surface area contributed by atoms with Gasteiger partial charge < -0.3 is 10.6 Å². The Hall–Kier alpha value is -2.83. The SMILES string of the molecule is O=C(NCc1ccc(F)cc1F)C(=O)Nc1cccnc1. The summed E-state index contributed by atoms with van der Waals surface area (Å²) in [7, 11) is 0. The van der Waals surface area contributed by atoms with E-state index in [1.165, 1.54) is 18.5 Å². The summed E-state index contributed by atoms with van der Waals surface area (Å²) in [6.07, 6.45) is 2.90. The van der Waals surface area contributed by atoms with E-state index in [1.807, 2.05) is 0 Å². The van der Waals surface area contributed by atoms with Gasteiger partial charge in [0.2, 0.25) is 0 Å². The van der Waals surface area contributed by atoms with Crippen molar-refractivity contribution in [2.24, 2.45) is 0 Å². The number of nitrogens with zero attached hydrogens (tertiary/aromatic N) is 1. The molecular formula is C14H11F2N3O2. The van der Waals surface area contributed by atoms with Gasteiger partial charge in [0.05, 0.1) is 11.9 Å². The second kappa shape index (κ2) is 6.56. The Morgan fingerprint density at radius 3 is 2.62 bits per heavy atom. The lowest BCUT2D eigenvalue weighted by molar-refractivity contribution is -0.136. The zero-order valence-corrected chi connectivity index (χ0v) is 10.8. The summed E-state index contributed by atoms with van der Waals surface area (Å²) in [5, 5.41) is 4.58. The van der Waals surface area contributed by atoms with E-state index >= 15 is 0 Å². The molecule has 0 aliphatic heterocycles. The van der Waals surface area contributed by atoms with Crippen LogP contribution in [0.2, 0.25) is 0 Å². The maximum Gasteiger partial charge on any atom is 0.313 e. The molecule has 2 aromatic rings. The van der Waals surface area contributed by atoms with Crippen molar-refractivity contribution in [3.63, 3.8) is 0 Å². The highest BCUT2D eigenvalue weighted by Crippen LogP contribution is 2.09. The lowest BCUT2D eigenvalue weighted by Crippen LogP contribution is -2.35. The molecule has 0 saturated heterocycles. The summed E-state index contributed by atoms with van der Waals surface area (Å²) in [6, 6.07) is 6.14. The van der Waals surface area contributed by atoms with Gasteiger partial charge >= 0.3 is 11.8 Å². The molecule has 7 heteroatoms. The molecule has 0 unspecified atom stereocenters. The number of rotatable bonds is 3. The molecular weight excluding hydrogens is 280 g/mol. The molecule has 2 amide bonds. The highest BCUT2D eigenvalue weighted by Gasteiger charge is 2.14. The third-order valence-electron chi connectivity index (χ3n) is 2.58. The number of halogens is 2. The predicted octanol–water partition coefficient (Wildman–Crippen LogP) is 1.61. The van der Waals surface area contributed by atoms with E-state index in [0.29, 0.717) is 11.8 Å². The Morgan fingerprint density at radius 1 is 1.14 bits per heavy atom. The summed E-state index contributed by atoms with van der Waals surface area (Å²) in [6.45, 7) is -0.217. The van der Waals surface area contributed by atoms with Crippen molar-refractivity contribution in [3.8, 4) is 0 Å². The molecule has 0 atom stereocenters. The first-order valence-corrected chi connectivity index (χ1v) is 5.99. The summed E-state index contributed by atoms with van der Waals surface area (Å²) >= 11 is 0. The summed E-state index contributed by atoms with van der Waals surface area (Å²) in [4.78, 5) is 26.9. The molecule has 0 spiro atoms. The topological polar surface area (TPSA) is 71.1 Å². The number of hydrogen-bond donors (Lipinski definition) is 2. The average Bonchev–Trinajstić information content (AvgIpc) is 2.47. The van der Waals surface area contributed by atoms with Gasteiger partial charge in [-0.05, 0) is 18.2 Å². The fourth-order valence-corrected chi connectivity index (χ4v) is 1.55. The first-order chi connectivity index (χ1) is 10.1. The fraction of sp³-hybridized carbons (Fsp3) is 0.0714. The molecule has 2 N–H and O–H groups in total. The number of pyridine rings is 1. The van der Waals surface area contributed by atoms with Gasteiger partial charge in [-0.15, -0.1) is 0 Å². The van der Waals surface area contributed by atoms with Crippen molar-refractivity contribution < 1.29 is 18.4 Å². The van der Waals surface area contributed by atoms with Gasteiger partial charge in [0, 0.05) is 24.4 Å². The van der Waals surface area contributed by atoms with E-state index in [1.54, 1.807) is 12.1 Å². The third-order valence-corrected chi connectivity index (χ3v) is 2.58. The van der Waals surface area contributed by atoms with Gasteiger partial charge in [-0.2, -0.15) is 0 Å². The van der Waals surface area contributed by atoms with Crippen molar-refractivity contribution in [3.05, 3.63) is 59.9 Å². The minimum atomic E-state index is -0.928. The normalized spacial score (nSPS) is 10.0. The van der Waals surface area contributed by atoms with Crippen LogP contribution in [-0.2, 0) is 16.1 Å². The van der Waals surface area contributed by atoms with Crippen LogP contribution in [0.15, 0.2) is 42.7 Å². The Morgan fingerprint density at radius 2 is 1.95 bits per heavy atom. The smallest absolute Gasteiger partial charge is 0.313 e. The lowest BCUT2D eigenvalue weighted by Gasteiger charge is -2.07. The molecule has 0 fully saturated rings. The van der Waals surface area contributed by atoms with Crippen molar-refractivity contribution in [2.45, 2.75) is 6.54 Å².